The molecule has 2 saturated heterocycles. The molecular formula is C26H31N3O6. The summed E-state index contributed by atoms with van der Waals surface area (Å²) < 4.78 is 10.2. The van der Waals surface area contributed by atoms with Crippen LogP contribution in [0.15, 0.2) is 35.9 Å². The summed E-state index contributed by atoms with van der Waals surface area (Å²) in [7, 11) is 1.27. The first kappa shape index (κ1) is 24.7. The molecule has 1 amide bonds. The van der Waals surface area contributed by atoms with Crippen LogP contribution < -0.4 is 0 Å². The van der Waals surface area contributed by atoms with Crippen molar-refractivity contribution in [3.05, 3.63) is 64.0 Å². The van der Waals surface area contributed by atoms with Crippen molar-refractivity contribution in [1.29, 1.82) is 0 Å². The van der Waals surface area contributed by atoms with Crippen molar-refractivity contribution in [1.82, 2.24) is 14.8 Å². The monoisotopic (exact) mass is 481 g/mol. The summed E-state index contributed by atoms with van der Waals surface area (Å²) in [5.41, 5.74) is 2.25. The van der Waals surface area contributed by atoms with E-state index in [9.17, 15) is 19.5 Å². The maximum atomic E-state index is 13.3. The van der Waals surface area contributed by atoms with E-state index in [1.807, 2.05) is 30.3 Å². The maximum absolute atomic E-state index is 13.3. The van der Waals surface area contributed by atoms with Gasteiger partial charge in [-0.1, -0.05) is 30.3 Å². The highest BCUT2D eigenvalue weighted by Crippen LogP contribution is 2.40. The number of aromatic amines is 1. The second-order valence-electron chi connectivity index (χ2n) is 8.83. The van der Waals surface area contributed by atoms with Crippen LogP contribution in [-0.2, 0) is 19.1 Å². The van der Waals surface area contributed by atoms with Gasteiger partial charge in [0, 0.05) is 37.4 Å². The second-order valence-corrected chi connectivity index (χ2v) is 8.83. The van der Waals surface area contributed by atoms with Crippen molar-refractivity contribution in [2.45, 2.75) is 26.3 Å². The van der Waals surface area contributed by atoms with Crippen LogP contribution in [0.3, 0.4) is 0 Å². The Hall–Kier alpha value is -3.43. The summed E-state index contributed by atoms with van der Waals surface area (Å²) in [5.74, 6) is -2.24. The summed E-state index contributed by atoms with van der Waals surface area (Å²) in [5, 5.41) is 11.4. The van der Waals surface area contributed by atoms with Crippen LogP contribution in [-0.4, -0.2) is 84.1 Å². The van der Waals surface area contributed by atoms with Crippen molar-refractivity contribution in [3.63, 3.8) is 0 Å². The first-order chi connectivity index (χ1) is 16.8. The van der Waals surface area contributed by atoms with Crippen LogP contribution in [0, 0.1) is 13.8 Å². The summed E-state index contributed by atoms with van der Waals surface area (Å²) in [6, 6.07) is 8.50. The Morgan fingerprint density at radius 2 is 1.83 bits per heavy atom. The predicted molar refractivity (Wildman–Crippen MR) is 129 cm³/mol. The highest BCUT2D eigenvalue weighted by Gasteiger charge is 2.46. The zero-order valence-electron chi connectivity index (χ0n) is 20.3. The molecule has 9 nitrogen and oxygen atoms in total. The van der Waals surface area contributed by atoms with Gasteiger partial charge in [-0.15, -0.1) is 0 Å². The van der Waals surface area contributed by atoms with Gasteiger partial charge in [-0.2, -0.15) is 0 Å². The number of hydrogen-bond donors (Lipinski definition) is 2. The van der Waals surface area contributed by atoms with E-state index in [0.717, 1.165) is 25.2 Å². The van der Waals surface area contributed by atoms with E-state index in [-0.39, 0.29) is 17.0 Å². The fraction of sp³-hybridized carbons (Fsp3) is 0.423. The average Bonchev–Trinajstić information content (AvgIpc) is 3.31. The van der Waals surface area contributed by atoms with Crippen LogP contribution in [0.5, 0.6) is 0 Å². The van der Waals surface area contributed by atoms with Gasteiger partial charge in [0.1, 0.15) is 11.5 Å². The number of likely N-dealkylation sites (tertiary alicyclic amines) is 1. The van der Waals surface area contributed by atoms with Crippen LogP contribution in [0.25, 0.3) is 5.76 Å². The van der Waals surface area contributed by atoms with E-state index in [1.54, 1.807) is 18.7 Å². The van der Waals surface area contributed by atoms with E-state index in [2.05, 4.69) is 9.88 Å². The number of H-pyrrole nitrogens is 1. The van der Waals surface area contributed by atoms with Crippen LogP contribution in [0.2, 0.25) is 0 Å². The normalized spacial score (nSPS) is 20.4. The van der Waals surface area contributed by atoms with Gasteiger partial charge in [-0.3, -0.25) is 14.5 Å². The molecule has 35 heavy (non-hydrogen) atoms. The molecule has 1 atom stereocenters. The number of aryl methyl sites for hydroxylation is 1. The summed E-state index contributed by atoms with van der Waals surface area (Å²) >= 11 is 0. The highest BCUT2D eigenvalue weighted by atomic mass is 16.5. The van der Waals surface area contributed by atoms with E-state index >= 15 is 0 Å². The zero-order chi connectivity index (χ0) is 25.1. The Balaban J connectivity index is 1.72. The molecule has 0 unspecified atom stereocenters. The Labute approximate surface area is 204 Å². The number of hydrogen-bond acceptors (Lipinski definition) is 7. The molecule has 2 aromatic rings. The van der Waals surface area contributed by atoms with Gasteiger partial charge in [0.15, 0.2) is 0 Å². The lowest BCUT2D eigenvalue weighted by Gasteiger charge is -2.29. The standard InChI is InChI=1S/C26H31N3O6/c1-16-19(17(2)27-21(16)26(33)34-3)23(30)20-22(18-8-5-4-6-9-18)29(25(32)24(20)31)11-7-10-28-12-14-35-15-13-28/h4-6,8-9,22,27,30H,7,10-15H2,1-3H3/t22-/m1/s1. The number of carbonyl (C=O) groups is 3. The summed E-state index contributed by atoms with van der Waals surface area (Å²) in [4.78, 5) is 45.3. The molecule has 0 aliphatic carbocycles. The third-order valence-electron chi connectivity index (χ3n) is 6.70. The number of aliphatic hydroxyl groups is 1. The molecule has 2 aliphatic rings. The van der Waals surface area contributed by atoms with Crippen molar-refractivity contribution in [2.75, 3.05) is 46.5 Å². The van der Waals surface area contributed by atoms with Gasteiger partial charge in [-0.25, -0.2) is 4.79 Å². The maximum Gasteiger partial charge on any atom is 0.354 e. The number of nitrogens with one attached hydrogen (secondary N) is 1. The van der Waals surface area contributed by atoms with E-state index in [4.69, 9.17) is 9.47 Å². The molecule has 0 bridgehead atoms. The van der Waals surface area contributed by atoms with Crippen LogP contribution in [0.1, 0.15) is 45.3 Å². The first-order valence-corrected chi connectivity index (χ1v) is 11.8. The number of aromatic nitrogens is 1. The lowest BCUT2D eigenvalue weighted by atomic mass is 9.94. The van der Waals surface area contributed by atoms with Gasteiger partial charge in [0.25, 0.3) is 11.7 Å². The van der Waals surface area contributed by atoms with Crippen LogP contribution in [0.4, 0.5) is 0 Å². The Kier molecular flexibility index (Phi) is 7.37. The fourth-order valence-electron chi connectivity index (χ4n) is 4.93. The number of aliphatic hydroxyl groups excluding tert-OH is 1. The van der Waals surface area contributed by atoms with Crippen molar-refractivity contribution in [2.24, 2.45) is 0 Å². The molecular weight excluding hydrogens is 450 g/mol. The number of nitrogens with zero attached hydrogens (tertiary/aromatic N) is 2. The minimum absolute atomic E-state index is 0.0224. The molecule has 186 valence electrons. The molecule has 2 N–H and O–H groups in total. The third kappa shape index (κ3) is 4.74. The summed E-state index contributed by atoms with van der Waals surface area (Å²) in [6.07, 6.45) is 0.686. The molecule has 1 aromatic carbocycles. The number of methoxy groups -OCH3 is 1. The number of Topliss-reactive ketones (excluding diaryl/α,β-unsaturated/α-hetero) is 1. The lowest BCUT2D eigenvalue weighted by molar-refractivity contribution is -0.140. The Morgan fingerprint density at radius 3 is 2.49 bits per heavy atom. The molecule has 2 aliphatic heterocycles. The second kappa shape index (κ2) is 10.5. The highest BCUT2D eigenvalue weighted by molar-refractivity contribution is 6.46. The Bertz CT molecular complexity index is 1150. The Morgan fingerprint density at radius 1 is 1.14 bits per heavy atom. The van der Waals surface area contributed by atoms with E-state index in [0.29, 0.717) is 43.0 Å². The number of esters is 1. The molecule has 3 heterocycles. The van der Waals surface area contributed by atoms with Crippen LogP contribution >= 0.6 is 0 Å². The average molecular weight is 482 g/mol. The van der Waals surface area contributed by atoms with Crippen molar-refractivity contribution < 1.29 is 29.0 Å². The molecule has 0 spiro atoms. The number of morpholine rings is 1. The zero-order valence-corrected chi connectivity index (χ0v) is 20.3. The molecule has 4 rings (SSSR count). The fourth-order valence-corrected chi connectivity index (χ4v) is 4.93. The largest absolute Gasteiger partial charge is 0.507 e. The minimum Gasteiger partial charge on any atom is -0.507 e. The van der Waals surface area contributed by atoms with Gasteiger partial charge < -0.3 is 24.5 Å². The van der Waals surface area contributed by atoms with E-state index < -0.39 is 23.7 Å². The van der Waals surface area contributed by atoms with Gasteiger partial charge >= 0.3 is 5.97 Å². The molecule has 2 fully saturated rings. The minimum atomic E-state index is -0.734. The number of ketones is 1. The molecule has 1 aromatic heterocycles. The van der Waals surface area contributed by atoms with Crippen molar-refractivity contribution >= 4 is 23.4 Å². The number of ether oxygens (including phenoxy) is 2. The van der Waals surface area contributed by atoms with E-state index in [1.165, 1.54) is 7.11 Å². The number of rotatable bonds is 7. The molecule has 0 saturated carbocycles. The van der Waals surface area contributed by atoms with Crippen molar-refractivity contribution in [3.8, 4) is 0 Å². The van der Waals surface area contributed by atoms with Gasteiger partial charge in [0.2, 0.25) is 0 Å². The molecule has 0 radical (unpaired) electrons. The third-order valence-corrected chi connectivity index (χ3v) is 6.70. The lowest BCUT2D eigenvalue weighted by Crippen LogP contribution is -2.38. The number of amides is 1. The topological polar surface area (TPSA) is 112 Å². The number of benzene rings is 1. The van der Waals surface area contributed by atoms with Gasteiger partial charge in [0.05, 0.1) is 31.9 Å². The summed E-state index contributed by atoms with van der Waals surface area (Å²) in [6.45, 7) is 7.59. The number of carbonyl (C=O) groups excluding carboxylic acids is 3. The molecule has 9 heteroatoms. The van der Waals surface area contributed by atoms with Gasteiger partial charge in [-0.05, 0) is 31.4 Å². The smallest absolute Gasteiger partial charge is 0.354 e. The quantitative estimate of drug-likeness (QED) is 0.271. The SMILES string of the molecule is COC(=O)c1[nH]c(C)c(C(O)=C2C(=O)C(=O)N(CCCN3CCOCC3)[C@@H]2c2ccccc2)c1C. The first-order valence-electron chi connectivity index (χ1n) is 11.8. The predicted octanol–water partition coefficient (Wildman–Crippen LogP) is 2.56.